The van der Waals surface area contributed by atoms with Gasteiger partial charge in [0, 0.05) is 50.2 Å². The maximum absolute atomic E-state index is 13.2. The van der Waals surface area contributed by atoms with Crippen LogP contribution in [-0.4, -0.2) is 59.6 Å². The number of hydrogen-bond donors (Lipinski definition) is 0. The summed E-state index contributed by atoms with van der Waals surface area (Å²) >= 11 is 0. The highest BCUT2D eigenvalue weighted by molar-refractivity contribution is 5.99. The summed E-state index contributed by atoms with van der Waals surface area (Å²) in [5.74, 6) is 0.975. The fourth-order valence-corrected chi connectivity index (χ4v) is 4.77. The maximum Gasteiger partial charge on any atom is 0.270 e. The molecule has 1 aliphatic carbocycles. The molecular formula is C22H31N3O2. The number of fused-ring (bicyclic) bond motifs is 1. The van der Waals surface area contributed by atoms with E-state index < -0.39 is 0 Å². The van der Waals surface area contributed by atoms with Crippen LogP contribution in [0.15, 0.2) is 24.3 Å². The normalized spacial score (nSPS) is 20.0. The second-order valence-electron chi connectivity index (χ2n) is 7.99. The Morgan fingerprint density at radius 3 is 2.59 bits per heavy atom. The molecule has 1 saturated carbocycles. The molecule has 4 rings (SSSR count). The van der Waals surface area contributed by atoms with Gasteiger partial charge in [-0.25, -0.2) is 0 Å². The zero-order chi connectivity index (χ0) is 18.8. The molecule has 1 aromatic carbocycles. The predicted molar refractivity (Wildman–Crippen MR) is 108 cm³/mol. The van der Waals surface area contributed by atoms with Gasteiger partial charge in [-0.1, -0.05) is 19.3 Å². The molecule has 1 amide bonds. The van der Waals surface area contributed by atoms with E-state index in [9.17, 15) is 4.79 Å². The molecule has 1 aliphatic heterocycles. The number of methoxy groups -OCH3 is 1. The van der Waals surface area contributed by atoms with Gasteiger partial charge in [0.1, 0.15) is 11.4 Å². The van der Waals surface area contributed by atoms with Crippen LogP contribution in [0.5, 0.6) is 5.75 Å². The first kappa shape index (κ1) is 18.4. The van der Waals surface area contributed by atoms with Gasteiger partial charge in [-0.3, -0.25) is 9.69 Å². The Labute approximate surface area is 161 Å². The number of benzene rings is 1. The number of nitrogens with zero attached hydrogens (tertiary/aromatic N) is 3. The number of hydrogen-bond acceptors (Lipinski definition) is 3. The van der Waals surface area contributed by atoms with E-state index >= 15 is 0 Å². The van der Waals surface area contributed by atoms with E-state index in [4.69, 9.17) is 4.74 Å². The van der Waals surface area contributed by atoms with Crippen molar-refractivity contribution < 1.29 is 9.53 Å². The van der Waals surface area contributed by atoms with Crippen molar-refractivity contribution in [1.82, 2.24) is 14.4 Å². The van der Waals surface area contributed by atoms with E-state index in [2.05, 4.69) is 4.90 Å². The molecular weight excluding hydrogens is 338 g/mol. The molecule has 2 heterocycles. The van der Waals surface area contributed by atoms with Crippen molar-refractivity contribution in [1.29, 1.82) is 0 Å². The summed E-state index contributed by atoms with van der Waals surface area (Å²) in [6.07, 6.45) is 7.85. The smallest absolute Gasteiger partial charge is 0.270 e. The van der Waals surface area contributed by atoms with Crippen LogP contribution in [0.25, 0.3) is 10.9 Å². The number of carbonyl (C=O) groups excluding carboxylic acids is 1. The molecule has 0 N–H and O–H groups in total. The maximum atomic E-state index is 13.2. The Morgan fingerprint density at radius 2 is 1.81 bits per heavy atom. The third-order valence-electron chi connectivity index (χ3n) is 6.38. The predicted octanol–water partition coefficient (Wildman–Crippen LogP) is 3.67. The lowest BCUT2D eigenvalue weighted by Crippen LogP contribution is -2.40. The minimum atomic E-state index is 0.151. The first-order valence-electron chi connectivity index (χ1n) is 10.3. The third kappa shape index (κ3) is 3.70. The fraction of sp³-hybridized carbons (Fsp3) is 0.591. The number of rotatable bonds is 3. The molecule has 0 bridgehead atoms. The van der Waals surface area contributed by atoms with Crippen molar-refractivity contribution in [2.75, 3.05) is 33.3 Å². The number of ether oxygens (including phenoxy) is 1. The summed E-state index contributed by atoms with van der Waals surface area (Å²) in [7, 11) is 3.65. The lowest BCUT2D eigenvalue weighted by atomic mass is 9.94. The zero-order valence-electron chi connectivity index (χ0n) is 16.6. The van der Waals surface area contributed by atoms with Crippen LogP contribution in [0.3, 0.4) is 0 Å². The number of aryl methyl sites for hydroxylation is 1. The summed E-state index contributed by atoms with van der Waals surface area (Å²) in [4.78, 5) is 17.9. The molecule has 5 nitrogen and oxygen atoms in total. The Balaban J connectivity index is 1.49. The molecule has 27 heavy (non-hydrogen) atoms. The first-order chi connectivity index (χ1) is 13.2. The lowest BCUT2D eigenvalue weighted by Gasteiger charge is -2.33. The topological polar surface area (TPSA) is 37.7 Å². The Hall–Kier alpha value is -2.01. The molecule has 0 spiro atoms. The van der Waals surface area contributed by atoms with Crippen LogP contribution in [0.4, 0.5) is 0 Å². The second-order valence-corrected chi connectivity index (χ2v) is 7.99. The van der Waals surface area contributed by atoms with Crippen LogP contribution >= 0.6 is 0 Å². The van der Waals surface area contributed by atoms with Crippen LogP contribution in [0.1, 0.15) is 49.0 Å². The van der Waals surface area contributed by atoms with Gasteiger partial charge in [-0.2, -0.15) is 0 Å². The Morgan fingerprint density at radius 1 is 1.00 bits per heavy atom. The van der Waals surface area contributed by atoms with Crippen molar-refractivity contribution >= 4 is 16.8 Å². The summed E-state index contributed by atoms with van der Waals surface area (Å²) < 4.78 is 7.34. The van der Waals surface area contributed by atoms with Gasteiger partial charge in [0.15, 0.2) is 0 Å². The van der Waals surface area contributed by atoms with Gasteiger partial charge < -0.3 is 14.2 Å². The highest BCUT2D eigenvalue weighted by atomic mass is 16.5. The van der Waals surface area contributed by atoms with Crippen molar-refractivity contribution in [2.45, 2.75) is 44.6 Å². The highest BCUT2D eigenvalue weighted by Crippen LogP contribution is 2.26. The Bertz CT molecular complexity index is 807. The number of amides is 1. The van der Waals surface area contributed by atoms with E-state index in [0.29, 0.717) is 0 Å². The van der Waals surface area contributed by atoms with Gasteiger partial charge in [0.05, 0.1) is 7.11 Å². The molecule has 0 atom stereocenters. The van der Waals surface area contributed by atoms with Crippen LogP contribution < -0.4 is 4.74 Å². The average molecular weight is 370 g/mol. The van der Waals surface area contributed by atoms with Crippen molar-refractivity contribution in [3.05, 3.63) is 30.0 Å². The van der Waals surface area contributed by atoms with Crippen molar-refractivity contribution in [3.63, 3.8) is 0 Å². The fourth-order valence-electron chi connectivity index (χ4n) is 4.77. The van der Waals surface area contributed by atoms with Crippen molar-refractivity contribution in [2.24, 2.45) is 7.05 Å². The summed E-state index contributed by atoms with van der Waals surface area (Å²) in [6, 6.07) is 8.71. The Kier molecular flexibility index (Phi) is 5.39. The number of aromatic nitrogens is 1. The SMILES string of the molecule is COc1ccc2c(c1)cc(C(=O)N1CCCN(C3CCCCC3)CC1)n2C. The van der Waals surface area contributed by atoms with Gasteiger partial charge in [-0.15, -0.1) is 0 Å². The van der Waals surface area contributed by atoms with E-state index in [-0.39, 0.29) is 5.91 Å². The van der Waals surface area contributed by atoms with Crippen LogP contribution in [-0.2, 0) is 7.05 Å². The molecule has 2 aliphatic rings. The molecule has 5 heteroatoms. The van der Waals surface area contributed by atoms with Crippen molar-refractivity contribution in [3.8, 4) is 5.75 Å². The van der Waals surface area contributed by atoms with Crippen LogP contribution in [0.2, 0.25) is 0 Å². The standard InChI is InChI=1S/C22H31N3O2/c1-23-20-10-9-19(27-2)15-17(20)16-21(23)22(26)25-12-6-11-24(13-14-25)18-7-4-3-5-8-18/h9-10,15-16,18H,3-8,11-14H2,1-2H3. The minimum Gasteiger partial charge on any atom is -0.497 e. The molecule has 0 unspecified atom stereocenters. The summed E-state index contributed by atoms with van der Waals surface area (Å²) in [6.45, 7) is 3.82. The lowest BCUT2D eigenvalue weighted by molar-refractivity contribution is 0.0746. The van der Waals surface area contributed by atoms with Gasteiger partial charge in [-0.05, 0) is 43.5 Å². The molecule has 2 aromatic rings. The quantitative estimate of drug-likeness (QED) is 0.828. The van der Waals surface area contributed by atoms with E-state index in [1.165, 1.54) is 32.1 Å². The van der Waals surface area contributed by atoms with E-state index in [1.807, 2.05) is 40.8 Å². The average Bonchev–Trinajstić information content (AvgIpc) is 2.88. The largest absolute Gasteiger partial charge is 0.497 e. The monoisotopic (exact) mass is 369 g/mol. The second kappa shape index (κ2) is 7.93. The van der Waals surface area contributed by atoms with Gasteiger partial charge in [0.2, 0.25) is 0 Å². The molecule has 0 radical (unpaired) electrons. The van der Waals surface area contributed by atoms with E-state index in [1.54, 1.807) is 7.11 Å². The highest BCUT2D eigenvalue weighted by Gasteiger charge is 2.27. The third-order valence-corrected chi connectivity index (χ3v) is 6.38. The molecule has 1 aromatic heterocycles. The minimum absolute atomic E-state index is 0.151. The van der Waals surface area contributed by atoms with E-state index in [0.717, 1.165) is 61.0 Å². The van der Waals surface area contributed by atoms with Crippen LogP contribution in [0, 0.1) is 0 Å². The van der Waals surface area contributed by atoms with Gasteiger partial charge >= 0.3 is 0 Å². The molecule has 1 saturated heterocycles. The molecule has 2 fully saturated rings. The zero-order valence-corrected chi connectivity index (χ0v) is 16.6. The molecule has 146 valence electrons. The summed E-state index contributed by atoms with van der Waals surface area (Å²) in [5.41, 5.74) is 1.84. The first-order valence-corrected chi connectivity index (χ1v) is 10.3. The van der Waals surface area contributed by atoms with Gasteiger partial charge in [0.25, 0.3) is 5.91 Å². The number of carbonyl (C=O) groups is 1. The summed E-state index contributed by atoms with van der Waals surface area (Å²) in [5, 5.41) is 1.05.